The maximum Gasteiger partial charge on any atom is 0.153 e. The molecule has 0 aromatic heterocycles. The van der Waals surface area contributed by atoms with Gasteiger partial charge in [0.05, 0.1) is 12.2 Å². The summed E-state index contributed by atoms with van der Waals surface area (Å²) >= 11 is 0. The highest BCUT2D eigenvalue weighted by Gasteiger charge is 2.06. The Labute approximate surface area is 99.0 Å². The van der Waals surface area contributed by atoms with Crippen molar-refractivity contribution in [3.05, 3.63) is 53.6 Å². The fourth-order valence-electron chi connectivity index (χ4n) is 1.76. The van der Waals surface area contributed by atoms with Crippen molar-refractivity contribution in [2.45, 2.75) is 6.61 Å². The van der Waals surface area contributed by atoms with Crippen LogP contribution < -0.4 is 0 Å². The van der Waals surface area contributed by atoms with Crippen LogP contribution in [0, 0.1) is 0 Å². The molecule has 0 bridgehead atoms. The van der Waals surface area contributed by atoms with E-state index in [1.807, 2.05) is 24.3 Å². The summed E-state index contributed by atoms with van der Waals surface area (Å²) in [6, 6.07) is 12.2. The summed E-state index contributed by atoms with van der Waals surface area (Å²) < 4.78 is 0. The van der Waals surface area contributed by atoms with Crippen molar-refractivity contribution in [2.24, 2.45) is 0 Å². The lowest BCUT2D eigenvalue weighted by molar-refractivity contribution is 0.112. The van der Waals surface area contributed by atoms with Gasteiger partial charge in [-0.3, -0.25) is 4.79 Å². The Hall–Kier alpha value is -2.13. The van der Waals surface area contributed by atoms with E-state index in [1.54, 1.807) is 12.1 Å². The second-order valence-electron chi connectivity index (χ2n) is 3.71. The SMILES string of the molecule is O=Cc1cc(-c2ccccc2CO)ccc1O. The van der Waals surface area contributed by atoms with Crippen LogP contribution in [0.2, 0.25) is 0 Å². The van der Waals surface area contributed by atoms with E-state index in [1.165, 1.54) is 6.07 Å². The number of aliphatic hydroxyl groups excluding tert-OH is 1. The Balaban J connectivity index is 2.56. The van der Waals surface area contributed by atoms with Gasteiger partial charge in [-0.25, -0.2) is 0 Å². The molecule has 0 aliphatic rings. The maximum atomic E-state index is 10.8. The molecule has 3 heteroatoms. The minimum absolute atomic E-state index is 0.0368. The van der Waals surface area contributed by atoms with Crippen molar-refractivity contribution in [1.82, 2.24) is 0 Å². The minimum atomic E-state index is -0.0620. The Morgan fingerprint density at radius 1 is 1.12 bits per heavy atom. The van der Waals surface area contributed by atoms with Crippen molar-refractivity contribution in [3.8, 4) is 16.9 Å². The van der Waals surface area contributed by atoms with Crippen molar-refractivity contribution in [1.29, 1.82) is 0 Å². The molecule has 0 heterocycles. The first-order valence-corrected chi connectivity index (χ1v) is 5.23. The number of carbonyl (C=O) groups is 1. The molecular formula is C14H12O3. The summed E-state index contributed by atoms with van der Waals surface area (Å²) in [4.78, 5) is 10.8. The van der Waals surface area contributed by atoms with E-state index in [0.717, 1.165) is 16.7 Å². The van der Waals surface area contributed by atoms with Crippen LogP contribution in [0.15, 0.2) is 42.5 Å². The van der Waals surface area contributed by atoms with Gasteiger partial charge in [-0.2, -0.15) is 0 Å². The largest absolute Gasteiger partial charge is 0.507 e. The summed E-state index contributed by atoms with van der Waals surface area (Å²) in [6.45, 7) is -0.0620. The van der Waals surface area contributed by atoms with Gasteiger partial charge in [0.1, 0.15) is 5.75 Å². The normalized spacial score (nSPS) is 10.2. The number of hydrogen-bond donors (Lipinski definition) is 2. The van der Waals surface area contributed by atoms with Gasteiger partial charge in [-0.05, 0) is 28.8 Å². The van der Waals surface area contributed by atoms with Crippen LogP contribution in [-0.4, -0.2) is 16.5 Å². The number of aldehydes is 1. The molecule has 0 fully saturated rings. The highest BCUT2D eigenvalue weighted by atomic mass is 16.3. The van der Waals surface area contributed by atoms with Gasteiger partial charge in [-0.1, -0.05) is 30.3 Å². The predicted octanol–water partition coefficient (Wildman–Crippen LogP) is 2.36. The molecule has 0 spiro atoms. The lowest BCUT2D eigenvalue weighted by Gasteiger charge is -2.08. The average Bonchev–Trinajstić information content (AvgIpc) is 2.39. The fourth-order valence-corrected chi connectivity index (χ4v) is 1.76. The van der Waals surface area contributed by atoms with Gasteiger partial charge in [0.25, 0.3) is 0 Å². The molecule has 0 atom stereocenters. The number of carbonyl (C=O) groups excluding carboxylic acids is 1. The number of benzene rings is 2. The van der Waals surface area contributed by atoms with Gasteiger partial charge >= 0.3 is 0 Å². The lowest BCUT2D eigenvalue weighted by Crippen LogP contribution is -1.90. The van der Waals surface area contributed by atoms with Crippen LogP contribution in [0.1, 0.15) is 15.9 Å². The summed E-state index contributed by atoms with van der Waals surface area (Å²) in [7, 11) is 0. The van der Waals surface area contributed by atoms with E-state index in [-0.39, 0.29) is 17.9 Å². The third-order valence-corrected chi connectivity index (χ3v) is 2.65. The summed E-state index contributed by atoms with van der Waals surface area (Å²) in [6.07, 6.45) is 0.612. The van der Waals surface area contributed by atoms with E-state index in [2.05, 4.69) is 0 Å². The molecule has 2 aromatic carbocycles. The molecule has 0 amide bonds. The lowest BCUT2D eigenvalue weighted by atomic mass is 9.98. The number of phenolic OH excluding ortho intramolecular Hbond substituents is 1. The zero-order valence-electron chi connectivity index (χ0n) is 9.13. The first-order valence-electron chi connectivity index (χ1n) is 5.23. The highest BCUT2D eigenvalue weighted by Crippen LogP contribution is 2.27. The fraction of sp³-hybridized carbons (Fsp3) is 0.0714. The minimum Gasteiger partial charge on any atom is -0.507 e. The van der Waals surface area contributed by atoms with Crippen molar-refractivity contribution in [2.75, 3.05) is 0 Å². The quantitative estimate of drug-likeness (QED) is 0.793. The Morgan fingerprint density at radius 2 is 1.88 bits per heavy atom. The zero-order chi connectivity index (χ0) is 12.3. The van der Waals surface area contributed by atoms with E-state index in [0.29, 0.717) is 6.29 Å². The molecule has 0 unspecified atom stereocenters. The standard InChI is InChI=1S/C14H12O3/c15-8-11-3-1-2-4-13(11)10-5-6-14(17)12(7-10)9-16/h1-7,9,15,17H,8H2. The van der Waals surface area contributed by atoms with Crippen molar-refractivity contribution in [3.63, 3.8) is 0 Å². The third-order valence-electron chi connectivity index (χ3n) is 2.65. The van der Waals surface area contributed by atoms with Gasteiger partial charge in [-0.15, -0.1) is 0 Å². The topological polar surface area (TPSA) is 57.5 Å². The smallest absolute Gasteiger partial charge is 0.153 e. The van der Waals surface area contributed by atoms with Gasteiger partial charge in [0.15, 0.2) is 6.29 Å². The Morgan fingerprint density at radius 3 is 2.59 bits per heavy atom. The summed E-state index contributed by atoms with van der Waals surface area (Å²) in [5.74, 6) is -0.0368. The number of aliphatic hydroxyl groups is 1. The maximum absolute atomic E-state index is 10.8. The van der Waals surface area contributed by atoms with E-state index < -0.39 is 0 Å². The average molecular weight is 228 g/mol. The molecule has 0 saturated heterocycles. The van der Waals surface area contributed by atoms with Gasteiger partial charge in [0, 0.05) is 0 Å². The molecule has 0 saturated carbocycles. The second kappa shape index (κ2) is 4.80. The molecule has 3 nitrogen and oxygen atoms in total. The molecular weight excluding hydrogens is 216 g/mol. The Bertz CT molecular complexity index is 547. The van der Waals surface area contributed by atoms with Gasteiger partial charge in [0.2, 0.25) is 0 Å². The first kappa shape index (κ1) is 11.4. The molecule has 2 aromatic rings. The van der Waals surface area contributed by atoms with Crippen LogP contribution in [0.3, 0.4) is 0 Å². The molecule has 0 aliphatic heterocycles. The number of hydrogen-bond acceptors (Lipinski definition) is 3. The van der Waals surface area contributed by atoms with Crippen LogP contribution >= 0.6 is 0 Å². The Kier molecular flexibility index (Phi) is 3.21. The third kappa shape index (κ3) is 2.19. The molecule has 2 rings (SSSR count). The monoisotopic (exact) mass is 228 g/mol. The summed E-state index contributed by atoms with van der Waals surface area (Å²) in [5.41, 5.74) is 2.69. The number of rotatable bonds is 3. The molecule has 2 N–H and O–H groups in total. The second-order valence-corrected chi connectivity index (χ2v) is 3.71. The molecule has 86 valence electrons. The van der Waals surface area contributed by atoms with E-state index in [9.17, 15) is 15.0 Å². The van der Waals surface area contributed by atoms with Crippen molar-refractivity contribution < 1.29 is 15.0 Å². The van der Waals surface area contributed by atoms with E-state index in [4.69, 9.17) is 0 Å². The van der Waals surface area contributed by atoms with Crippen molar-refractivity contribution >= 4 is 6.29 Å². The molecule has 0 radical (unpaired) electrons. The molecule has 0 aliphatic carbocycles. The van der Waals surface area contributed by atoms with Gasteiger partial charge < -0.3 is 10.2 Å². The zero-order valence-corrected chi connectivity index (χ0v) is 9.13. The number of aromatic hydroxyl groups is 1. The van der Waals surface area contributed by atoms with Crippen LogP contribution in [0.25, 0.3) is 11.1 Å². The van der Waals surface area contributed by atoms with Crippen LogP contribution in [0.4, 0.5) is 0 Å². The first-order chi connectivity index (χ1) is 8.26. The van der Waals surface area contributed by atoms with E-state index >= 15 is 0 Å². The predicted molar refractivity (Wildman–Crippen MR) is 64.9 cm³/mol. The summed E-state index contributed by atoms with van der Waals surface area (Å²) in [5, 5.41) is 18.7. The van der Waals surface area contributed by atoms with Crippen LogP contribution in [-0.2, 0) is 6.61 Å². The van der Waals surface area contributed by atoms with Crippen LogP contribution in [0.5, 0.6) is 5.75 Å². The molecule has 17 heavy (non-hydrogen) atoms. The number of phenols is 1. The highest BCUT2D eigenvalue weighted by molar-refractivity contribution is 5.83.